The molecule has 2 aromatic carbocycles. The van der Waals surface area contributed by atoms with E-state index in [0.717, 1.165) is 0 Å². The van der Waals surface area contributed by atoms with Crippen LogP contribution in [0.25, 0.3) is 28.1 Å². The number of rotatable bonds is 5. The minimum absolute atomic E-state index is 0.0864. The van der Waals surface area contributed by atoms with E-state index < -0.39 is 17.6 Å². The van der Waals surface area contributed by atoms with Crippen LogP contribution in [0.15, 0.2) is 47.0 Å². The predicted molar refractivity (Wildman–Crippen MR) is 124 cm³/mol. The van der Waals surface area contributed by atoms with Crippen LogP contribution < -0.4 is 10.5 Å². The van der Waals surface area contributed by atoms with E-state index in [1.807, 2.05) is 0 Å². The molecule has 36 heavy (non-hydrogen) atoms. The maximum absolute atomic E-state index is 14.3. The van der Waals surface area contributed by atoms with Crippen molar-refractivity contribution in [2.45, 2.75) is 6.54 Å². The highest BCUT2D eigenvalue weighted by molar-refractivity contribution is 6.38. The number of hydrogen-bond acceptors (Lipinski definition) is 8. The summed E-state index contributed by atoms with van der Waals surface area (Å²) in [6, 6.07) is 10.1. The zero-order chi connectivity index (χ0) is 26.0. The Bertz CT molecular complexity index is 1560. The summed E-state index contributed by atoms with van der Waals surface area (Å²) in [6.45, 7) is 0.0864. The van der Waals surface area contributed by atoms with E-state index >= 15 is 0 Å². The summed E-state index contributed by atoms with van der Waals surface area (Å²) < 4.78 is 38.6. The Labute approximate surface area is 206 Å². The summed E-state index contributed by atoms with van der Waals surface area (Å²) in [4.78, 5) is 11.4. The average molecular weight is 518 g/mol. The minimum atomic E-state index is -1.16. The zero-order valence-electron chi connectivity index (χ0n) is 18.8. The van der Waals surface area contributed by atoms with E-state index in [-0.39, 0.29) is 29.0 Å². The van der Waals surface area contributed by atoms with Crippen molar-refractivity contribution >= 4 is 28.5 Å². The summed E-state index contributed by atoms with van der Waals surface area (Å²) >= 11 is 6.51. The first kappa shape index (κ1) is 24.8. The van der Waals surface area contributed by atoms with Gasteiger partial charge in [-0.05, 0) is 40.7 Å². The van der Waals surface area contributed by atoms with Crippen molar-refractivity contribution in [3.8, 4) is 23.1 Å². The number of carbonyl (C=O) groups is 1. The number of benzene rings is 2. The monoisotopic (exact) mass is 517 g/mol. The number of nitrogens with zero attached hydrogens (tertiary/aromatic N) is 6. The first-order chi connectivity index (χ1) is 17.2. The summed E-state index contributed by atoms with van der Waals surface area (Å²) in [6.07, 6.45) is 0. The van der Waals surface area contributed by atoms with Gasteiger partial charge in [-0.15, -0.1) is 10.2 Å². The van der Waals surface area contributed by atoms with E-state index in [9.17, 15) is 13.6 Å². The van der Waals surface area contributed by atoms with Crippen molar-refractivity contribution < 1.29 is 27.9 Å². The molecular formula is C22H18ClF2N7O4. The molecule has 0 atom stereocenters. The summed E-state index contributed by atoms with van der Waals surface area (Å²) in [5.74, 6) is -1.84. The molecule has 0 saturated heterocycles. The second-order valence-corrected chi connectivity index (χ2v) is 7.66. The molecule has 0 bridgehead atoms. The number of aryl methyl sites for hydroxylation is 1. The van der Waals surface area contributed by atoms with Crippen molar-refractivity contribution in [1.29, 1.82) is 0 Å². The molecule has 0 aliphatic heterocycles. The number of aromatic nitrogens is 6. The molecule has 0 aliphatic carbocycles. The van der Waals surface area contributed by atoms with Gasteiger partial charge in [0.2, 0.25) is 11.6 Å². The van der Waals surface area contributed by atoms with E-state index in [1.54, 1.807) is 29.8 Å². The third kappa shape index (κ3) is 4.74. The highest BCUT2D eigenvalue weighted by Crippen LogP contribution is 2.38. The van der Waals surface area contributed by atoms with Crippen LogP contribution in [0.5, 0.6) is 5.88 Å². The smallest absolute Gasteiger partial charge is 0.374 e. The molecule has 3 heterocycles. The third-order valence-corrected chi connectivity index (χ3v) is 5.39. The molecule has 0 unspecified atom stereocenters. The fourth-order valence-corrected chi connectivity index (χ4v) is 3.69. The molecule has 5 aromatic rings. The zero-order valence-corrected chi connectivity index (χ0v) is 19.6. The Morgan fingerprint density at radius 1 is 1.22 bits per heavy atom. The fourth-order valence-electron chi connectivity index (χ4n) is 3.37. The van der Waals surface area contributed by atoms with E-state index in [2.05, 4.69) is 29.8 Å². The molecule has 3 aromatic heterocycles. The van der Waals surface area contributed by atoms with Crippen molar-refractivity contribution in [2.24, 2.45) is 12.8 Å². The number of fused-ring (bicyclic) bond motifs is 1. The quantitative estimate of drug-likeness (QED) is 0.357. The SMILES string of the molecule is COc1cc(C(=O)O)on1.Cn1nnc(-c2c(Cl)c3cc(F)ccc3n2-c2ccc(CN)c(F)c2)n1. The number of nitrogens with two attached hydrogens (primary N) is 1. The van der Waals surface area contributed by atoms with E-state index in [4.69, 9.17) is 22.4 Å². The van der Waals surface area contributed by atoms with Crippen molar-refractivity contribution in [2.75, 3.05) is 7.11 Å². The molecule has 186 valence electrons. The first-order valence-corrected chi connectivity index (χ1v) is 10.6. The van der Waals surface area contributed by atoms with Crippen LogP contribution in [0.1, 0.15) is 16.1 Å². The van der Waals surface area contributed by atoms with Crippen molar-refractivity contribution in [1.82, 2.24) is 29.9 Å². The minimum Gasteiger partial charge on any atom is -0.479 e. The fraction of sp³-hybridized carbons (Fsp3) is 0.136. The lowest BCUT2D eigenvalue weighted by Gasteiger charge is -2.10. The first-order valence-electron chi connectivity index (χ1n) is 10.2. The second-order valence-electron chi connectivity index (χ2n) is 7.28. The summed E-state index contributed by atoms with van der Waals surface area (Å²) in [5, 5.41) is 24.3. The van der Waals surface area contributed by atoms with Gasteiger partial charge >= 0.3 is 5.97 Å². The van der Waals surface area contributed by atoms with Gasteiger partial charge < -0.3 is 24.7 Å². The van der Waals surface area contributed by atoms with Gasteiger partial charge in [-0.2, -0.15) is 4.80 Å². The maximum Gasteiger partial charge on any atom is 0.374 e. The van der Waals surface area contributed by atoms with Crippen LogP contribution >= 0.6 is 11.6 Å². The number of carboxylic acid groups (broad SMARTS) is 1. The third-order valence-electron chi connectivity index (χ3n) is 5.01. The number of hydrogen-bond donors (Lipinski definition) is 2. The molecule has 0 fully saturated rings. The number of carboxylic acids is 1. The predicted octanol–water partition coefficient (Wildman–Crippen LogP) is 3.59. The van der Waals surface area contributed by atoms with Crippen LogP contribution in [0, 0.1) is 11.6 Å². The second kappa shape index (κ2) is 10.1. The Kier molecular flexibility index (Phi) is 6.94. The molecule has 0 amide bonds. The van der Waals surface area contributed by atoms with Gasteiger partial charge in [0.1, 0.15) is 17.3 Å². The molecule has 0 saturated carbocycles. The Morgan fingerprint density at radius 2 is 2.00 bits per heavy atom. The Morgan fingerprint density at radius 3 is 2.56 bits per heavy atom. The number of tetrazole rings is 1. The molecule has 5 rings (SSSR count). The molecular weight excluding hydrogens is 500 g/mol. The molecule has 14 heteroatoms. The van der Waals surface area contributed by atoms with Gasteiger partial charge in [-0.1, -0.05) is 17.7 Å². The topological polar surface area (TPSA) is 147 Å². The summed E-state index contributed by atoms with van der Waals surface area (Å²) in [5.41, 5.74) is 7.41. The van der Waals surface area contributed by atoms with Gasteiger partial charge in [0.15, 0.2) is 0 Å². The lowest BCUT2D eigenvalue weighted by atomic mass is 10.2. The van der Waals surface area contributed by atoms with E-state index in [1.165, 1.54) is 36.2 Å². The van der Waals surface area contributed by atoms with Crippen molar-refractivity contribution in [3.05, 3.63) is 70.4 Å². The van der Waals surface area contributed by atoms with Gasteiger partial charge in [-0.3, -0.25) is 0 Å². The average Bonchev–Trinajstić information content (AvgIpc) is 3.57. The van der Waals surface area contributed by atoms with E-state index in [0.29, 0.717) is 27.8 Å². The van der Waals surface area contributed by atoms with Crippen LogP contribution in [-0.4, -0.2) is 48.1 Å². The molecule has 0 spiro atoms. The number of methoxy groups -OCH3 is 1. The van der Waals surface area contributed by atoms with Crippen LogP contribution in [0.4, 0.5) is 8.78 Å². The van der Waals surface area contributed by atoms with Gasteiger partial charge in [0.25, 0.3) is 5.88 Å². The highest BCUT2D eigenvalue weighted by atomic mass is 35.5. The maximum atomic E-state index is 14.3. The van der Waals surface area contributed by atoms with Crippen molar-refractivity contribution in [3.63, 3.8) is 0 Å². The number of halogens is 3. The largest absolute Gasteiger partial charge is 0.479 e. The number of aromatic carboxylic acids is 1. The van der Waals surface area contributed by atoms with Crippen LogP contribution in [0.3, 0.4) is 0 Å². The molecule has 11 nitrogen and oxygen atoms in total. The molecule has 0 radical (unpaired) electrons. The lowest BCUT2D eigenvalue weighted by Crippen LogP contribution is -2.03. The van der Waals surface area contributed by atoms with Gasteiger partial charge in [0.05, 0.1) is 30.8 Å². The van der Waals surface area contributed by atoms with Crippen LogP contribution in [0.2, 0.25) is 5.02 Å². The summed E-state index contributed by atoms with van der Waals surface area (Å²) in [7, 11) is 3.00. The van der Waals surface area contributed by atoms with Gasteiger partial charge in [0, 0.05) is 23.2 Å². The van der Waals surface area contributed by atoms with Crippen LogP contribution in [-0.2, 0) is 13.6 Å². The molecule has 0 aliphatic rings. The normalized spacial score (nSPS) is 10.8. The highest BCUT2D eigenvalue weighted by Gasteiger charge is 2.23. The lowest BCUT2D eigenvalue weighted by molar-refractivity contribution is 0.0651. The Balaban J connectivity index is 0.000000256. The molecule has 3 N–H and O–H groups in total. The Hall–Kier alpha value is -4.36. The number of ether oxygens (including phenoxy) is 1. The van der Waals surface area contributed by atoms with Gasteiger partial charge in [-0.25, -0.2) is 13.6 Å². The standard InChI is InChI=1S/C17H13ClF2N6.C5H5NO4/c1-25-23-17(22-24-25)16-15(18)12-6-10(19)3-5-14(12)26(16)11-4-2-9(8-21)13(20)7-11;1-9-4-2-3(5(7)8)10-6-4/h2-7H,8,21H2,1H3;2H,1H3,(H,7,8).